The third-order valence-electron chi connectivity index (χ3n) is 4.43. The van der Waals surface area contributed by atoms with Crippen molar-refractivity contribution in [3.05, 3.63) is 0 Å². The lowest BCUT2D eigenvalue weighted by Gasteiger charge is -2.33. The molecule has 102 valence electrons. The van der Waals surface area contributed by atoms with Crippen molar-refractivity contribution in [3.8, 4) is 6.07 Å². The molecule has 2 aliphatic rings. The summed E-state index contributed by atoms with van der Waals surface area (Å²) in [4.78, 5) is 5.18. The highest BCUT2D eigenvalue weighted by Gasteiger charge is 2.32. The van der Waals surface area contributed by atoms with E-state index in [2.05, 4.69) is 22.8 Å². The zero-order valence-corrected chi connectivity index (χ0v) is 11.7. The molecule has 2 aliphatic heterocycles. The quantitative estimate of drug-likeness (QED) is 0.817. The normalized spacial score (nSPS) is 31.1. The molecule has 4 nitrogen and oxygen atoms in total. The van der Waals surface area contributed by atoms with E-state index in [1.54, 1.807) is 0 Å². The lowest BCUT2D eigenvalue weighted by molar-refractivity contribution is 0.164. The third-order valence-corrected chi connectivity index (χ3v) is 4.43. The van der Waals surface area contributed by atoms with Crippen LogP contribution >= 0.6 is 0 Å². The number of fused-ring (bicyclic) bond motifs is 1. The van der Waals surface area contributed by atoms with Crippen LogP contribution in [0.4, 0.5) is 0 Å². The molecule has 2 N–H and O–H groups in total. The van der Waals surface area contributed by atoms with Crippen LogP contribution in [0, 0.1) is 11.3 Å². The van der Waals surface area contributed by atoms with Crippen LogP contribution in [0.3, 0.4) is 0 Å². The number of rotatable bonds is 3. The maximum Gasteiger partial charge on any atom is 0.102 e. The smallest absolute Gasteiger partial charge is 0.102 e. The van der Waals surface area contributed by atoms with Crippen LogP contribution in [0.1, 0.15) is 39.5 Å². The van der Waals surface area contributed by atoms with Crippen LogP contribution in [-0.4, -0.2) is 53.6 Å². The fourth-order valence-corrected chi connectivity index (χ4v) is 3.42. The highest BCUT2D eigenvalue weighted by Crippen LogP contribution is 2.24. The maximum atomic E-state index is 9.05. The van der Waals surface area contributed by atoms with Crippen molar-refractivity contribution in [1.29, 1.82) is 5.26 Å². The summed E-state index contributed by atoms with van der Waals surface area (Å²) in [5, 5.41) is 9.05. The highest BCUT2D eigenvalue weighted by molar-refractivity contribution is 5.03. The maximum absolute atomic E-state index is 9.05. The van der Waals surface area contributed by atoms with Crippen LogP contribution in [-0.2, 0) is 0 Å². The van der Waals surface area contributed by atoms with Gasteiger partial charge in [-0.3, -0.25) is 9.80 Å². The van der Waals surface area contributed by atoms with Crippen LogP contribution < -0.4 is 5.73 Å². The summed E-state index contributed by atoms with van der Waals surface area (Å²) >= 11 is 0. The molecule has 2 saturated heterocycles. The van der Waals surface area contributed by atoms with Crippen molar-refractivity contribution >= 4 is 0 Å². The van der Waals surface area contributed by atoms with Crippen LogP contribution in [0.5, 0.6) is 0 Å². The van der Waals surface area contributed by atoms with Crippen molar-refractivity contribution < 1.29 is 0 Å². The molecule has 0 aliphatic carbocycles. The monoisotopic (exact) mass is 250 g/mol. The Kier molecular flexibility index (Phi) is 4.26. The van der Waals surface area contributed by atoms with Crippen LogP contribution in [0.15, 0.2) is 0 Å². The van der Waals surface area contributed by atoms with Gasteiger partial charge in [0.15, 0.2) is 0 Å². The van der Waals surface area contributed by atoms with E-state index in [1.165, 1.54) is 32.4 Å². The first-order valence-electron chi connectivity index (χ1n) is 7.20. The molecule has 4 heteroatoms. The molecular formula is C14H26N4. The summed E-state index contributed by atoms with van der Waals surface area (Å²) < 4.78 is 0. The molecule has 0 aromatic heterocycles. The summed E-state index contributed by atoms with van der Waals surface area (Å²) in [5.74, 6) is 0. The Bertz CT molecular complexity index is 320. The third kappa shape index (κ3) is 3.23. The Morgan fingerprint density at radius 1 is 1.39 bits per heavy atom. The molecule has 2 rings (SSSR count). The second-order valence-corrected chi connectivity index (χ2v) is 6.26. The van der Waals surface area contributed by atoms with E-state index >= 15 is 0 Å². The Labute approximate surface area is 111 Å². The van der Waals surface area contributed by atoms with Gasteiger partial charge in [-0.15, -0.1) is 0 Å². The fourth-order valence-electron chi connectivity index (χ4n) is 3.42. The molecule has 0 bridgehead atoms. The van der Waals surface area contributed by atoms with Crippen molar-refractivity contribution in [3.63, 3.8) is 0 Å². The average Bonchev–Trinajstić information content (AvgIpc) is 2.66. The van der Waals surface area contributed by atoms with Gasteiger partial charge in [0.05, 0.1) is 6.07 Å². The first-order chi connectivity index (χ1) is 8.52. The SMILES string of the molecule is CC(CC(C)(N)C#N)N1CCCN2CCCC2C1. The number of nitriles is 1. The van der Waals surface area contributed by atoms with Crippen LogP contribution in [0.2, 0.25) is 0 Å². The van der Waals surface area contributed by atoms with Crippen LogP contribution in [0.25, 0.3) is 0 Å². The van der Waals surface area contributed by atoms with Gasteiger partial charge in [-0.05, 0) is 59.2 Å². The first-order valence-corrected chi connectivity index (χ1v) is 7.20. The summed E-state index contributed by atoms with van der Waals surface area (Å²) in [6.45, 7) is 8.88. The Morgan fingerprint density at radius 3 is 2.83 bits per heavy atom. The van der Waals surface area contributed by atoms with E-state index in [1.807, 2.05) is 6.92 Å². The minimum Gasteiger partial charge on any atom is -0.314 e. The second kappa shape index (κ2) is 5.56. The van der Waals surface area contributed by atoms with Gasteiger partial charge in [0.2, 0.25) is 0 Å². The average molecular weight is 250 g/mol. The zero-order chi connectivity index (χ0) is 13.2. The zero-order valence-electron chi connectivity index (χ0n) is 11.7. The first kappa shape index (κ1) is 13.8. The topological polar surface area (TPSA) is 56.3 Å². The van der Waals surface area contributed by atoms with E-state index in [9.17, 15) is 0 Å². The van der Waals surface area contributed by atoms with Crippen molar-refractivity contribution in [2.75, 3.05) is 26.2 Å². The standard InChI is InChI=1S/C14H26N4/c1-12(9-14(2,16)11-15)18-8-4-7-17-6-3-5-13(17)10-18/h12-13H,3-10,16H2,1-2H3. The lowest BCUT2D eigenvalue weighted by Crippen LogP contribution is -2.46. The van der Waals surface area contributed by atoms with Crippen molar-refractivity contribution in [1.82, 2.24) is 9.80 Å². The molecule has 3 atom stereocenters. The van der Waals surface area contributed by atoms with Gasteiger partial charge in [0.1, 0.15) is 5.54 Å². The Morgan fingerprint density at radius 2 is 2.11 bits per heavy atom. The van der Waals surface area contributed by atoms with E-state index in [0.717, 1.165) is 25.6 Å². The largest absolute Gasteiger partial charge is 0.314 e. The molecule has 18 heavy (non-hydrogen) atoms. The molecule has 2 fully saturated rings. The van der Waals surface area contributed by atoms with E-state index in [-0.39, 0.29) is 0 Å². The molecule has 0 saturated carbocycles. The second-order valence-electron chi connectivity index (χ2n) is 6.26. The van der Waals surface area contributed by atoms with Crippen molar-refractivity contribution in [2.45, 2.75) is 57.2 Å². The number of hydrogen-bond donors (Lipinski definition) is 1. The number of hydrogen-bond acceptors (Lipinski definition) is 4. The van der Waals surface area contributed by atoms with Crippen molar-refractivity contribution in [2.24, 2.45) is 5.73 Å². The van der Waals surface area contributed by atoms with Gasteiger partial charge in [0, 0.05) is 18.6 Å². The van der Waals surface area contributed by atoms with Gasteiger partial charge in [-0.25, -0.2) is 0 Å². The fraction of sp³-hybridized carbons (Fsp3) is 0.929. The molecule has 2 heterocycles. The molecule has 0 radical (unpaired) electrons. The Balaban J connectivity index is 1.93. The molecular weight excluding hydrogens is 224 g/mol. The summed E-state index contributed by atoms with van der Waals surface area (Å²) in [6, 6.07) is 3.35. The molecule has 0 aromatic rings. The van der Waals surface area contributed by atoms with Gasteiger partial charge in [-0.2, -0.15) is 5.26 Å². The lowest BCUT2D eigenvalue weighted by atomic mass is 9.95. The molecule has 0 aromatic carbocycles. The van der Waals surface area contributed by atoms with E-state index < -0.39 is 5.54 Å². The predicted molar refractivity (Wildman–Crippen MR) is 73.1 cm³/mol. The van der Waals surface area contributed by atoms with Gasteiger partial charge >= 0.3 is 0 Å². The summed E-state index contributed by atoms with van der Waals surface area (Å²) in [6.07, 6.45) is 4.69. The summed E-state index contributed by atoms with van der Waals surface area (Å²) in [7, 11) is 0. The van der Waals surface area contributed by atoms with E-state index in [0.29, 0.717) is 6.04 Å². The minimum atomic E-state index is -0.693. The van der Waals surface area contributed by atoms with E-state index in [4.69, 9.17) is 11.0 Å². The van der Waals surface area contributed by atoms with Gasteiger partial charge in [-0.1, -0.05) is 0 Å². The predicted octanol–water partition coefficient (Wildman–Crippen LogP) is 1.18. The number of nitrogens with two attached hydrogens (primary N) is 1. The Hall–Kier alpha value is -0.630. The molecule has 3 unspecified atom stereocenters. The molecule has 0 spiro atoms. The highest BCUT2D eigenvalue weighted by atomic mass is 15.3. The summed E-state index contributed by atoms with van der Waals surface area (Å²) in [5.41, 5.74) is 5.28. The number of nitrogens with zero attached hydrogens (tertiary/aromatic N) is 3. The molecule has 0 amide bonds. The van der Waals surface area contributed by atoms with Gasteiger partial charge < -0.3 is 5.73 Å². The van der Waals surface area contributed by atoms with Gasteiger partial charge in [0.25, 0.3) is 0 Å². The minimum absolute atomic E-state index is 0.403.